The van der Waals surface area contributed by atoms with Crippen LogP contribution in [0.3, 0.4) is 0 Å². The van der Waals surface area contributed by atoms with Crippen molar-refractivity contribution < 1.29 is 10.2 Å². The molecule has 2 unspecified atom stereocenters. The standard InChI is InChI=1S/C28H44O2/c1-17(2)18(3)7-8-19(4)23-11-12-24-22-10-9-20-15-21(29)16-26(30)28(20,6)25(22)13-14-27(23,24)5/h7-10,17-19,21,23-26,29-30H,11-16H2,1-6H3/b8-7+/t18?,19?,21-,23-,24+,25+,26+,27-,28+/m1/s1. The van der Waals surface area contributed by atoms with E-state index >= 15 is 0 Å². The fourth-order valence-electron chi connectivity index (χ4n) is 7.66. The fourth-order valence-corrected chi connectivity index (χ4v) is 7.66. The lowest BCUT2D eigenvalue weighted by Gasteiger charge is -2.56. The number of fused-ring (bicyclic) bond motifs is 5. The van der Waals surface area contributed by atoms with Crippen molar-refractivity contribution in [1.29, 1.82) is 0 Å². The topological polar surface area (TPSA) is 40.5 Å². The van der Waals surface area contributed by atoms with Crippen LogP contribution in [-0.4, -0.2) is 22.4 Å². The molecule has 0 heterocycles. The molecule has 0 spiro atoms. The Hall–Kier alpha value is -0.860. The van der Waals surface area contributed by atoms with Gasteiger partial charge in [0.15, 0.2) is 0 Å². The van der Waals surface area contributed by atoms with Crippen molar-refractivity contribution in [3.8, 4) is 0 Å². The number of hydrogen-bond donors (Lipinski definition) is 2. The average molecular weight is 413 g/mol. The molecule has 0 aromatic heterocycles. The van der Waals surface area contributed by atoms with Crippen LogP contribution in [0, 0.1) is 46.3 Å². The maximum Gasteiger partial charge on any atom is 0.0661 e. The van der Waals surface area contributed by atoms with Gasteiger partial charge in [-0.15, -0.1) is 0 Å². The number of aliphatic hydroxyl groups is 2. The largest absolute Gasteiger partial charge is 0.393 e. The summed E-state index contributed by atoms with van der Waals surface area (Å²) in [5, 5.41) is 21.3. The summed E-state index contributed by atoms with van der Waals surface area (Å²) in [6, 6.07) is 0. The SMILES string of the molecule is CC(C)C(C)/C=C/C(C)[C@H]1CC[C@H]2C3=CC=C4C[C@@H](O)C[C@H](O)[C@]4(C)[C@H]3CC[C@]12C. The summed E-state index contributed by atoms with van der Waals surface area (Å²) >= 11 is 0. The van der Waals surface area contributed by atoms with Crippen LogP contribution in [0.15, 0.2) is 35.5 Å². The second-order valence-corrected chi connectivity index (χ2v) is 11.9. The summed E-state index contributed by atoms with van der Waals surface area (Å²) in [6.45, 7) is 14.2. The summed E-state index contributed by atoms with van der Waals surface area (Å²) in [4.78, 5) is 0. The number of hydrogen-bond acceptors (Lipinski definition) is 2. The quantitative estimate of drug-likeness (QED) is 0.532. The molecule has 0 radical (unpaired) electrons. The van der Waals surface area contributed by atoms with Crippen LogP contribution in [0.2, 0.25) is 0 Å². The zero-order valence-corrected chi connectivity index (χ0v) is 20.1. The first-order valence-corrected chi connectivity index (χ1v) is 12.5. The van der Waals surface area contributed by atoms with Crippen molar-refractivity contribution in [3.05, 3.63) is 35.5 Å². The van der Waals surface area contributed by atoms with E-state index in [1.54, 1.807) is 5.57 Å². The van der Waals surface area contributed by atoms with Crippen molar-refractivity contribution in [2.75, 3.05) is 0 Å². The molecule has 2 N–H and O–H groups in total. The molecule has 0 aromatic carbocycles. The van der Waals surface area contributed by atoms with Gasteiger partial charge in [0.2, 0.25) is 0 Å². The monoisotopic (exact) mass is 412 g/mol. The lowest BCUT2D eigenvalue weighted by Crippen LogP contribution is -2.52. The van der Waals surface area contributed by atoms with Crippen molar-refractivity contribution in [1.82, 2.24) is 0 Å². The molecular weight excluding hydrogens is 368 g/mol. The molecule has 2 nitrogen and oxygen atoms in total. The second-order valence-electron chi connectivity index (χ2n) is 11.9. The Morgan fingerprint density at radius 3 is 2.40 bits per heavy atom. The zero-order chi connectivity index (χ0) is 21.8. The molecule has 9 atom stereocenters. The molecule has 0 aromatic rings. The first-order chi connectivity index (χ1) is 14.1. The van der Waals surface area contributed by atoms with Crippen molar-refractivity contribution in [3.63, 3.8) is 0 Å². The molecule has 0 saturated heterocycles. The van der Waals surface area contributed by atoms with Crippen molar-refractivity contribution in [2.24, 2.45) is 46.3 Å². The van der Waals surface area contributed by atoms with Crippen LogP contribution in [-0.2, 0) is 0 Å². The summed E-state index contributed by atoms with van der Waals surface area (Å²) in [5.41, 5.74) is 3.08. The van der Waals surface area contributed by atoms with E-state index in [2.05, 4.69) is 65.8 Å². The average Bonchev–Trinajstić information content (AvgIpc) is 3.04. The lowest BCUT2D eigenvalue weighted by atomic mass is 9.49. The van der Waals surface area contributed by atoms with E-state index in [9.17, 15) is 10.2 Å². The molecule has 3 fully saturated rings. The first kappa shape index (κ1) is 22.3. The fraction of sp³-hybridized carbons (Fsp3) is 0.786. The van der Waals surface area contributed by atoms with E-state index in [1.165, 1.54) is 31.3 Å². The Morgan fingerprint density at radius 2 is 1.70 bits per heavy atom. The highest BCUT2D eigenvalue weighted by atomic mass is 16.3. The molecule has 0 amide bonds. The van der Waals surface area contributed by atoms with Crippen molar-refractivity contribution in [2.45, 2.75) is 92.3 Å². The minimum Gasteiger partial charge on any atom is -0.393 e. The molecule has 4 rings (SSSR count). The lowest BCUT2D eigenvalue weighted by molar-refractivity contribution is -0.0537. The van der Waals surface area contributed by atoms with Gasteiger partial charge in [0.25, 0.3) is 0 Å². The van der Waals surface area contributed by atoms with E-state index < -0.39 is 6.10 Å². The van der Waals surface area contributed by atoms with Gasteiger partial charge in [0.05, 0.1) is 12.2 Å². The summed E-state index contributed by atoms with van der Waals surface area (Å²) in [7, 11) is 0. The van der Waals surface area contributed by atoms with Gasteiger partial charge in [-0.25, -0.2) is 0 Å². The summed E-state index contributed by atoms with van der Waals surface area (Å²) in [5.74, 6) is 3.80. The highest BCUT2D eigenvalue weighted by Crippen LogP contribution is 2.66. The third kappa shape index (κ3) is 3.37. The Bertz CT molecular complexity index is 746. The van der Waals surface area contributed by atoms with Gasteiger partial charge in [-0.05, 0) is 73.0 Å². The number of allylic oxidation sites excluding steroid dienone is 5. The molecule has 168 valence electrons. The Balaban J connectivity index is 1.59. The minimum absolute atomic E-state index is 0.180. The number of rotatable bonds is 4. The highest BCUT2D eigenvalue weighted by molar-refractivity contribution is 5.40. The van der Waals surface area contributed by atoms with Crippen LogP contribution in [0.4, 0.5) is 0 Å². The highest BCUT2D eigenvalue weighted by Gasteiger charge is 2.58. The Labute approximate surface area is 184 Å². The van der Waals surface area contributed by atoms with Gasteiger partial charge in [-0.3, -0.25) is 0 Å². The van der Waals surface area contributed by atoms with E-state index in [0.29, 0.717) is 41.4 Å². The van der Waals surface area contributed by atoms with Crippen molar-refractivity contribution >= 4 is 0 Å². The third-order valence-corrected chi connectivity index (χ3v) is 10.1. The predicted octanol–water partition coefficient (Wildman–Crippen LogP) is 6.30. The van der Waals surface area contributed by atoms with Crippen LogP contribution in [0.1, 0.15) is 80.1 Å². The molecule has 0 aliphatic heterocycles. The van der Waals surface area contributed by atoms with Gasteiger partial charge in [0.1, 0.15) is 0 Å². The zero-order valence-electron chi connectivity index (χ0n) is 20.1. The van der Waals surface area contributed by atoms with E-state index in [4.69, 9.17) is 0 Å². The summed E-state index contributed by atoms with van der Waals surface area (Å²) in [6.07, 6.45) is 15.1. The molecule has 2 heteroatoms. The van der Waals surface area contributed by atoms with Crippen LogP contribution in [0.5, 0.6) is 0 Å². The Kier molecular flexibility index (Phi) is 5.90. The smallest absolute Gasteiger partial charge is 0.0661 e. The molecule has 4 aliphatic carbocycles. The third-order valence-electron chi connectivity index (χ3n) is 10.1. The first-order valence-electron chi connectivity index (χ1n) is 12.5. The van der Waals surface area contributed by atoms with E-state index in [0.717, 1.165) is 12.3 Å². The second kappa shape index (κ2) is 7.93. The van der Waals surface area contributed by atoms with Gasteiger partial charge >= 0.3 is 0 Å². The van der Waals surface area contributed by atoms with E-state index in [1.807, 2.05) is 0 Å². The molecular formula is C28H44O2. The molecule has 3 saturated carbocycles. The maximum absolute atomic E-state index is 11.0. The molecule has 30 heavy (non-hydrogen) atoms. The van der Waals surface area contributed by atoms with Gasteiger partial charge in [-0.2, -0.15) is 0 Å². The molecule has 0 bridgehead atoms. The van der Waals surface area contributed by atoms with Gasteiger partial charge in [-0.1, -0.05) is 77.0 Å². The van der Waals surface area contributed by atoms with Gasteiger partial charge in [0, 0.05) is 11.8 Å². The van der Waals surface area contributed by atoms with Crippen LogP contribution in [0.25, 0.3) is 0 Å². The van der Waals surface area contributed by atoms with Gasteiger partial charge < -0.3 is 10.2 Å². The Morgan fingerprint density at radius 1 is 0.967 bits per heavy atom. The summed E-state index contributed by atoms with van der Waals surface area (Å²) < 4.78 is 0. The maximum atomic E-state index is 11.0. The van der Waals surface area contributed by atoms with Crippen LogP contribution >= 0.6 is 0 Å². The van der Waals surface area contributed by atoms with E-state index in [-0.39, 0.29) is 11.5 Å². The minimum atomic E-state index is -0.429. The molecule has 4 aliphatic rings. The predicted molar refractivity (Wildman–Crippen MR) is 125 cm³/mol. The number of aliphatic hydroxyl groups excluding tert-OH is 2. The van der Waals surface area contributed by atoms with Crippen LogP contribution < -0.4 is 0 Å². The normalized spacial score (nSPS) is 45.4.